The molecule has 2 rings (SSSR count). The number of anilines is 1. The molecule has 1 fully saturated rings. The first-order valence-corrected chi connectivity index (χ1v) is 5.63. The molecule has 3 heteroatoms. The predicted molar refractivity (Wildman–Crippen MR) is 63.2 cm³/mol. The smallest absolute Gasteiger partial charge is 0.101 e. The summed E-state index contributed by atoms with van der Waals surface area (Å²) in [5.74, 6) is 0. The zero-order valence-electron chi connectivity index (χ0n) is 9.44. The van der Waals surface area contributed by atoms with Crippen molar-refractivity contribution in [2.45, 2.75) is 31.4 Å². The third-order valence-corrected chi connectivity index (χ3v) is 3.14. The topological polar surface area (TPSA) is 45.0 Å². The molecule has 16 heavy (non-hydrogen) atoms. The van der Waals surface area contributed by atoms with Crippen LogP contribution in [-0.2, 0) is 4.74 Å². The molecule has 3 nitrogen and oxygen atoms in total. The fourth-order valence-electron chi connectivity index (χ4n) is 2.28. The van der Waals surface area contributed by atoms with Crippen molar-refractivity contribution in [3.05, 3.63) is 29.8 Å². The number of hydrogen-bond acceptors (Lipinski definition) is 3. The Labute approximate surface area is 96.0 Å². The molecule has 0 aliphatic heterocycles. The average molecular weight is 216 g/mol. The van der Waals surface area contributed by atoms with E-state index in [1.807, 2.05) is 24.3 Å². The van der Waals surface area contributed by atoms with Crippen LogP contribution in [0.4, 0.5) is 5.69 Å². The highest BCUT2D eigenvalue weighted by atomic mass is 16.5. The van der Waals surface area contributed by atoms with Gasteiger partial charge in [-0.1, -0.05) is 12.1 Å². The zero-order chi connectivity index (χ0) is 11.4. The van der Waals surface area contributed by atoms with Gasteiger partial charge in [-0.15, -0.1) is 0 Å². The van der Waals surface area contributed by atoms with Crippen molar-refractivity contribution >= 4 is 5.69 Å². The van der Waals surface area contributed by atoms with Crippen molar-refractivity contribution in [2.75, 3.05) is 12.4 Å². The average Bonchev–Trinajstić information content (AvgIpc) is 2.77. The minimum atomic E-state index is 0.270. The third kappa shape index (κ3) is 2.17. The summed E-state index contributed by atoms with van der Waals surface area (Å²) in [6, 6.07) is 10.1. The summed E-state index contributed by atoms with van der Waals surface area (Å²) >= 11 is 0. The largest absolute Gasteiger partial charge is 0.379 e. The highest BCUT2D eigenvalue weighted by Crippen LogP contribution is 2.26. The number of nitrogens with zero attached hydrogens (tertiary/aromatic N) is 1. The Morgan fingerprint density at radius 2 is 2.19 bits per heavy atom. The molecule has 0 spiro atoms. The highest BCUT2D eigenvalue weighted by molar-refractivity contribution is 5.57. The van der Waals surface area contributed by atoms with E-state index in [9.17, 15) is 0 Å². The summed E-state index contributed by atoms with van der Waals surface area (Å²) in [6.07, 6.45) is 3.67. The van der Waals surface area contributed by atoms with Gasteiger partial charge in [0, 0.05) is 7.11 Å². The standard InChI is InChI=1S/C13H16N2O/c1-16-13-8-4-7-12(13)15-11-6-3-2-5-10(11)9-14/h2-3,5-6,12-13,15H,4,7-8H2,1H3. The Morgan fingerprint density at radius 1 is 1.38 bits per heavy atom. The van der Waals surface area contributed by atoms with Crippen molar-refractivity contribution in [3.8, 4) is 6.07 Å². The van der Waals surface area contributed by atoms with Gasteiger partial charge in [0.25, 0.3) is 0 Å². The monoisotopic (exact) mass is 216 g/mol. The van der Waals surface area contributed by atoms with E-state index in [1.165, 1.54) is 6.42 Å². The highest BCUT2D eigenvalue weighted by Gasteiger charge is 2.27. The number of para-hydroxylation sites is 1. The van der Waals surface area contributed by atoms with Crippen LogP contribution in [0.5, 0.6) is 0 Å². The summed E-state index contributed by atoms with van der Waals surface area (Å²) in [5.41, 5.74) is 1.61. The first kappa shape index (κ1) is 11.0. The molecule has 1 aromatic rings. The quantitative estimate of drug-likeness (QED) is 0.844. The van der Waals surface area contributed by atoms with Crippen LogP contribution < -0.4 is 5.32 Å². The van der Waals surface area contributed by atoms with Crippen LogP contribution in [0.15, 0.2) is 24.3 Å². The lowest BCUT2D eigenvalue weighted by Crippen LogP contribution is -2.29. The summed E-state index contributed by atoms with van der Waals surface area (Å²) in [4.78, 5) is 0. The van der Waals surface area contributed by atoms with Crippen LogP contribution in [-0.4, -0.2) is 19.3 Å². The second kappa shape index (κ2) is 5.00. The van der Waals surface area contributed by atoms with Gasteiger partial charge in [-0.2, -0.15) is 5.26 Å². The fourth-order valence-corrected chi connectivity index (χ4v) is 2.28. The molecule has 0 amide bonds. The maximum Gasteiger partial charge on any atom is 0.101 e. The second-order valence-electron chi connectivity index (χ2n) is 4.11. The molecule has 1 aliphatic rings. The first-order chi connectivity index (χ1) is 7.85. The van der Waals surface area contributed by atoms with Gasteiger partial charge in [-0.05, 0) is 31.4 Å². The molecular weight excluding hydrogens is 200 g/mol. The number of methoxy groups -OCH3 is 1. The molecule has 1 aliphatic carbocycles. The lowest BCUT2D eigenvalue weighted by Gasteiger charge is -2.21. The number of ether oxygens (including phenoxy) is 1. The van der Waals surface area contributed by atoms with Crippen molar-refractivity contribution in [1.82, 2.24) is 0 Å². The van der Waals surface area contributed by atoms with Gasteiger partial charge in [-0.25, -0.2) is 0 Å². The molecule has 1 N–H and O–H groups in total. The predicted octanol–water partition coefficient (Wildman–Crippen LogP) is 2.54. The second-order valence-corrected chi connectivity index (χ2v) is 4.11. The van der Waals surface area contributed by atoms with E-state index in [0.29, 0.717) is 11.6 Å². The van der Waals surface area contributed by atoms with Crippen LogP contribution in [0.2, 0.25) is 0 Å². The third-order valence-electron chi connectivity index (χ3n) is 3.14. The van der Waals surface area contributed by atoms with Gasteiger partial charge in [0.2, 0.25) is 0 Å². The van der Waals surface area contributed by atoms with Crippen molar-refractivity contribution < 1.29 is 4.74 Å². The van der Waals surface area contributed by atoms with E-state index in [1.54, 1.807) is 7.11 Å². The molecule has 1 aromatic carbocycles. The molecule has 0 aromatic heterocycles. The van der Waals surface area contributed by atoms with Gasteiger partial charge in [0.15, 0.2) is 0 Å². The first-order valence-electron chi connectivity index (χ1n) is 5.63. The molecule has 1 saturated carbocycles. The normalized spacial score (nSPS) is 24.0. The Kier molecular flexibility index (Phi) is 3.43. The molecule has 0 radical (unpaired) electrons. The minimum absolute atomic E-state index is 0.270. The summed E-state index contributed by atoms with van der Waals surface area (Å²) < 4.78 is 5.42. The molecule has 2 atom stereocenters. The molecule has 84 valence electrons. The summed E-state index contributed by atoms with van der Waals surface area (Å²) in [5, 5.41) is 12.4. The van der Waals surface area contributed by atoms with Crippen molar-refractivity contribution in [3.63, 3.8) is 0 Å². The summed E-state index contributed by atoms with van der Waals surface area (Å²) in [6.45, 7) is 0. The molecule has 2 unspecified atom stereocenters. The van der Waals surface area contributed by atoms with E-state index < -0.39 is 0 Å². The van der Waals surface area contributed by atoms with Crippen LogP contribution in [0.1, 0.15) is 24.8 Å². The number of benzene rings is 1. The Morgan fingerprint density at radius 3 is 2.94 bits per heavy atom. The van der Waals surface area contributed by atoms with Gasteiger partial charge in [0.1, 0.15) is 6.07 Å². The molecular formula is C13H16N2O. The van der Waals surface area contributed by atoms with Crippen LogP contribution in [0.3, 0.4) is 0 Å². The Hall–Kier alpha value is -1.53. The number of nitriles is 1. The zero-order valence-corrected chi connectivity index (χ0v) is 9.44. The van der Waals surface area contributed by atoms with E-state index in [2.05, 4.69) is 11.4 Å². The fraction of sp³-hybridized carbons (Fsp3) is 0.462. The van der Waals surface area contributed by atoms with Gasteiger partial charge in [-0.3, -0.25) is 0 Å². The summed E-state index contributed by atoms with van der Waals surface area (Å²) in [7, 11) is 1.75. The van der Waals surface area contributed by atoms with Crippen LogP contribution in [0, 0.1) is 11.3 Å². The number of nitrogens with one attached hydrogen (secondary N) is 1. The van der Waals surface area contributed by atoms with Crippen molar-refractivity contribution in [1.29, 1.82) is 5.26 Å². The Balaban J connectivity index is 2.12. The van der Waals surface area contributed by atoms with Crippen LogP contribution in [0.25, 0.3) is 0 Å². The lowest BCUT2D eigenvalue weighted by atomic mass is 10.1. The number of hydrogen-bond donors (Lipinski definition) is 1. The number of rotatable bonds is 3. The molecule has 0 bridgehead atoms. The van der Waals surface area contributed by atoms with Crippen molar-refractivity contribution in [2.24, 2.45) is 0 Å². The minimum Gasteiger partial charge on any atom is -0.379 e. The maximum atomic E-state index is 8.99. The van der Waals surface area contributed by atoms with E-state index in [-0.39, 0.29) is 6.10 Å². The molecule has 0 saturated heterocycles. The van der Waals surface area contributed by atoms with E-state index in [4.69, 9.17) is 10.00 Å². The lowest BCUT2D eigenvalue weighted by molar-refractivity contribution is 0.101. The van der Waals surface area contributed by atoms with E-state index >= 15 is 0 Å². The molecule has 0 heterocycles. The Bertz CT molecular complexity index is 397. The van der Waals surface area contributed by atoms with Crippen LogP contribution >= 0.6 is 0 Å². The van der Waals surface area contributed by atoms with Gasteiger partial charge < -0.3 is 10.1 Å². The SMILES string of the molecule is COC1CCCC1Nc1ccccc1C#N. The van der Waals surface area contributed by atoms with E-state index in [0.717, 1.165) is 18.5 Å². The van der Waals surface area contributed by atoms with Gasteiger partial charge in [0.05, 0.1) is 23.4 Å². The maximum absolute atomic E-state index is 8.99. The van der Waals surface area contributed by atoms with Gasteiger partial charge >= 0.3 is 0 Å².